The van der Waals surface area contributed by atoms with E-state index < -0.39 is 5.82 Å². The van der Waals surface area contributed by atoms with Gasteiger partial charge in [-0.15, -0.1) is 0 Å². The zero-order valence-electron chi connectivity index (χ0n) is 9.28. The van der Waals surface area contributed by atoms with Crippen molar-refractivity contribution in [2.24, 2.45) is 0 Å². The molecule has 2 heterocycles. The zero-order valence-corrected chi connectivity index (χ0v) is 10.8. The van der Waals surface area contributed by atoms with Crippen LogP contribution in [0.3, 0.4) is 0 Å². The summed E-state index contributed by atoms with van der Waals surface area (Å²) in [5.41, 5.74) is 0.662. The van der Waals surface area contributed by atoms with Crippen LogP contribution in [0.25, 0.3) is 11.0 Å². The van der Waals surface area contributed by atoms with E-state index >= 15 is 0 Å². The number of aromatic amines is 1. The Kier molecular flexibility index (Phi) is 2.96. The smallest absolute Gasteiger partial charge is 0.226 e. The van der Waals surface area contributed by atoms with E-state index in [4.69, 9.17) is 23.2 Å². The van der Waals surface area contributed by atoms with E-state index in [0.29, 0.717) is 16.9 Å². The lowest BCUT2D eigenvalue weighted by molar-refractivity contribution is 0.632. The van der Waals surface area contributed by atoms with Crippen LogP contribution in [-0.2, 0) is 0 Å². The van der Waals surface area contributed by atoms with Gasteiger partial charge in [0.15, 0.2) is 11.5 Å². The number of halogens is 3. The lowest BCUT2D eigenvalue weighted by Gasteiger charge is -2.08. The summed E-state index contributed by atoms with van der Waals surface area (Å²) in [7, 11) is 0. The van der Waals surface area contributed by atoms with Crippen LogP contribution in [0.1, 0.15) is 0 Å². The molecule has 96 valence electrons. The number of benzene rings is 1. The number of aromatic nitrogens is 4. The highest BCUT2D eigenvalue weighted by Crippen LogP contribution is 2.28. The minimum absolute atomic E-state index is 0.0218. The number of rotatable bonds is 2. The highest BCUT2D eigenvalue weighted by molar-refractivity contribution is 6.31. The van der Waals surface area contributed by atoms with Gasteiger partial charge in [0.1, 0.15) is 5.82 Å². The molecule has 3 aromatic rings. The fraction of sp³-hybridized carbons (Fsp3) is 0. The third-order valence-corrected chi connectivity index (χ3v) is 2.95. The van der Waals surface area contributed by atoms with Gasteiger partial charge in [-0.25, -0.2) is 4.39 Å². The lowest BCUT2D eigenvalue weighted by Crippen LogP contribution is -1.98. The third kappa shape index (κ3) is 2.20. The van der Waals surface area contributed by atoms with E-state index in [0.717, 1.165) is 0 Å². The van der Waals surface area contributed by atoms with Crippen molar-refractivity contribution in [2.45, 2.75) is 0 Å². The molecule has 0 saturated heterocycles. The number of fused-ring (bicyclic) bond motifs is 1. The molecule has 5 nitrogen and oxygen atoms in total. The molecule has 0 aliphatic heterocycles. The molecule has 0 atom stereocenters. The van der Waals surface area contributed by atoms with E-state index in [1.807, 2.05) is 0 Å². The van der Waals surface area contributed by atoms with Gasteiger partial charge in [-0.05, 0) is 23.7 Å². The van der Waals surface area contributed by atoms with Gasteiger partial charge < -0.3 is 5.32 Å². The fourth-order valence-corrected chi connectivity index (χ4v) is 1.97. The highest BCUT2D eigenvalue weighted by Gasteiger charge is 2.12. The summed E-state index contributed by atoms with van der Waals surface area (Å²) in [6.45, 7) is 0. The summed E-state index contributed by atoms with van der Waals surface area (Å²) >= 11 is 11.5. The maximum absolute atomic E-state index is 13.8. The van der Waals surface area contributed by atoms with Gasteiger partial charge in [0.05, 0.1) is 22.3 Å². The largest absolute Gasteiger partial charge is 0.337 e. The van der Waals surface area contributed by atoms with Crippen molar-refractivity contribution in [1.29, 1.82) is 0 Å². The molecule has 19 heavy (non-hydrogen) atoms. The van der Waals surface area contributed by atoms with Gasteiger partial charge in [-0.2, -0.15) is 15.1 Å². The Morgan fingerprint density at radius 3 is 2.89 bits per heavy atom. The number of nitrogens with zero attached hydrogens (tertiary/aromatic N) is 3. The molecular weight excluding hydrogens is 292 g/mol. The summed E-state index contributed by atoms with van der Waals surface area (Å²) in [6.07, 6.45) is 1.52. The van der Waals surface area contributed by atoms with Crippen LogP contribution < -0.4 is 5.32 Å². The topological polar surface area (TPSA) is 66.5 Å². The third-order valence-electron chi connectivity index (χ3n) is 2.49. The van der Waals surface area contributed by atoms with Crippen LogP contribution in [0.4, 0.5) is 15.9 Å². The average Bonchev–Trinajstić information content (AvgIpc) is 2.83. The number of nitrogens with one attached hydrogen (secondary N) is 2. The molecule has 2 N–H and O–H groups in total. The van der Waals surface area contributed by atoms with Crippen molar-refractivity contribution in [3.05, 3.63) is 40.5 Å². The summed E-state index contributed by atoms with van der Waals surface area (Å²) in [5.74, 6) is -0.208. The average molecular weight is 298 g/mol. The maximum Gasteiger partial charge on any atom is 0.226 e. The molecule has 3 rings (SSSR count). The molecule has 0 spiro atoms. The van der Waals surface area contributed by atoms with E-state index in [9.17, 15) is 4.39 Å². The Bertz CT molecular complexity index is 758. The quantitative estimate of drug-likeness (QED) is 0.710. The highest BCUT2D eigenvalue weighted by atomic mass is 35.5. The standard InChI is InChI=1S/C11H6Cl2FN5/c12-6-2-1-3-7(8(6)14)16-9-5-4-15-19-10(5)18-11(13)17-9/h1-4H,(H2,15,16,17,18,19). The molecule has 0 unspecified atom stereocenters. The number of anilines is 2. The van der Waals surface area contributed by atoms with E-state index in [-0.39, 0.29) is 16.0 Å². The normalized spacial score (nSPS) is 10.9. The molecule has 2 aromatic heterocycles. The summed E-state index contributed by atoms with van der Waals surface area (Å²) in [6, 6.07) is 4.63. The monoisotopic (exact) mass is 297 g/mol. The molecule has 0 bridgehead atoms. The zero-order chi connectivity index (χ0) is 13.4. The van der Waals surface area contributed by atoms with Crippen LogP contribution >= 0.6 is 23.2 Å². The molecular formula is C11H6Cl2FN5. The van der Waals surface area contributed by atoms with Crippen LogP contribution in [0.5, 0.6) is 0 Å². The van der Waals surface area contributed by atoms with Crippen molar-refractivity contribution >= 4 is 45.7 Å². The first-order chi connectivity index (χ1) is 9.15. The van der Waals surface area contributed by atoms with Crippen LogP contribution in [0.2, 0.25) is 10.3 Å². The molecule has 0 saturated carbocycles. The first-order valence-corrected chi connectivity index (χ1v) is 5.98. The van der Waals surface area contributed by atoms with Crippen LogP contribution in [0, 0.1) is 5.82 Å². The Morgan fingerprint density at radius 1 is 1.21 bits per heavy atom. The van der Waals surface area contributed by atoms with Crippen molar-refractivity contribution in [1.82, 2.24) is 20.2 Å². The Labute approximate surface area is 116 Å². The predicted octanol–water partition coefficient (Wildman–Crippen LogP) is 3.54. The van der Waals surface area contributed by atoms with Crippen LogP contribution in [0.15, 0.2) is 24.4 Å². The van der Waals surface area contributed by atoms with Crippen molar-refractivity contribution in [3.8, 4) is 0 Å². The lowest BCUT2D eigenvalue weighted by atomic mass is 10.3. The van der Waals surface area contributed by atoms with Crippen molar-refractivity contribution in [2.75, 3.05) is 5.32 Å². The van der Waals surface area contributed by atoms with Gasteiger partial charge in [-0.3, -0.25) is 5.10 Å². The molecule has 8 heteroatoms. The Balaban J connectivity index is 2.10. The van der Waals surface area contributed by atoms with Gasteiger partial charge in [0.25, 0.3) is 0 Å². The number of H-pyrrole nitrogens is 1. The fourth-order valence-electron chi connectivity index (χ4n) is 1.63. The second-order valence-corrected chi connectivity index (χ2v) is 4.45. The van der Waals surface area contributed by atoms with E-state index in [2.05, 4.69) is 25.5 Å². The SMILES string of the molecule is Fc1c(Cl)cccc1Nc1nc(Cl)nc2[nH]ncc12. The van der Waals surface area contributed by atoms with Crippen LogP contribution in [-0.4, -0.2) is 20.2 Å². The molecule has 0 amide bonds. The van der Waals surface area contributed by atoms with Gasteiger partial charge >= 0.3 is 0 Å². The molecule has 0 aliphatic rings. The Hall–Kier alpha value is -1.92. The molecule has 1 aromatic carbocycles. The first-order valence-electron chi connectivity index (χ1n) is 5.23. The van der Waals surface area contributed by atoms with Gasteiger partial charge in [0, 0.05) is 0 Å². The summed E-state index contributed by atoms with van der Waals surface area (Å²) in [5, 5.41) is 9.99. The molecule has 0 radical (unpaired) electrons. The first kappa shape index (κ1) is 12.1. The summed E-state index contributed by atoms with van der Waals surface area (Å²) in [4.78, 5) is 7.97. The van der Waals surface area contributed by atoms with Gasteiger partial charge in [-0.1, -0.05) is 17.7 Å². The van der Waals surface area contributed by atoms with Gasteiger partial charge in [0.2, 0.25) is 5.28 Å². The van der Waals surface area contributed by atoms with E-state index in [1.54, 1.807) is 12.1 Å². The molecule has 0 fully saturated rings. The van der Waals surface area contributed by atoms with Crippen molar-refractivity contribution in [3.63, 3.8) is 0 Å². The summed E-state index contributed by atoms with van der Waals surface area (Å²) < 4.78 is 13.8. The van der Waals surface area contributed by atoms with E-state index in [1.165, 1.54) is 12.3 Å². The predicted molar refractivity (Wildman–Crippen MR) is 71.4 cm³/mol. The maximum atomic E-state index is 13.8. The minimum Gasteiger partial charge on any atom is -0.337 e. The second-order valence-electron chi connectivity index (χ2n) is 3.70. The minimum atomic E-state index is -0.560. The van der Waals surface area contributed by atoms with Crippen molar-refractivity contribution < 1.29 is 4.39 Å². The Morgan fingerprint density at radius 2 is 2.05 bits per heavy atom. The second kappa shape index (κ2) is 4.64. The molecule has 0 aliphatic carbocycles. The number of hydrogen-bond acceptors (Lipinski definition) is 4. The number of hydrogen-bond donors (Lipinski definition) is 2.